The van der Waals surface area contributed by atoms with E-state index in [1.165, 1.54) is 6.07 Å². The molecule has 70 valence electrons. The maximum absolute atomic E-state index is 13.0. The largest absolute Gasteiger partial charge is 0.294 e. The van der Waals surface area contributed by atoms with Gasteiger partial charge in [-0.1, -0.05) is 6.92 Å². The molecule has 0 spiro atoms. The lowest BCUT2D eigenvalue weighted by molar-refractivity contribution is 0.0983. The summed E-state index contributed by atoms with van der Waals surface area (Å²) in [7, 11) is 0. The van der Waals surface area contributed by atoms with Gasteiger partial charge in [0.05, 0.1) is 5.56 Å². The van der Waals surface area contributed by atoms with Crippen molar-refractivity contribution in [3.63, 3.8) is 0 Å². The van der Waals surface area contributed by atoms with E-state index in [0.717, 1.165) is 6.07 Å². The highest BCUT2D eigenvalue weighted by molar-refractivity contribution is 14.1. The summed E-state index contributed by atoms with van der Waals surface area (Å²) in [4.78, 5) is 11.1. The van der Waals surface area contributed by atoms with E-state index < -0.39 is 11.6 Å². The molecule has 0 heterocycles. The molecule has 1 rings (SSSR count). The summed E-state index contributed by atoms with van der Waals surface area (Å²) in [6.07, 6.45) is 0.177. The predicted octanol–water partition coefficient (Wildman–Crippen LogP) is 3.16. The molecule has 0 saturated heterocycles. The fraction of sp³-hybridized carbons (Fsp3) is 0.222. The van der Waals surface area contributed by atoms with Gasteiger partial charge in [-0.3, -0.25) is 4.79 Å². The summed E-state index contributed by atoms with van der Waals surface area (Å²) in [5, 5.41) is 0. The lowest BCUT2D eigenvalue weighted by atomic mass is 10.1. The van der Waals surface area contributed by atoms with E-state index >= 15 is 0 Å². The Morgan fingerprint density at radius 1 is 1.46 bits per heavy atom. The molecule has 0 fully saturated rings. The topological polar surface area (TPSA) is 17.1 Å². The fourth-order valence-electron chi connectivity index (χ4n) is 0.949. The lowest BCUT2D eigenvalue weighted by Gasteiger charge is -2.01. The van der Waals surface area contributed by atoms with Gasteiger partial charge in [-0.25, -0.2) is 8.78 Å². The Kier molecular flexibility index (Phi) is 3.35. The molecule has 13 heavy (non-hydrogen) atoms. The minimum absolute atomic E-state index is 0.160. The molecule has 0 N–H and O–H groups in total. The van der Waals surface area contributed by atoms with Crippen LogP contribution in [0.3, 0.4) is 0 Å². The van der Waals surface area contributed by atoms with Crippen LogP contribution in [0, 0.1) is 15.2 Å². The molecule has 0 aliphatic heterocycles. The predicted molar refractivity (Wildman–Crippen MR) is 53.7 cm³/mol. The van der Waals surface area contributed by atoms with Crippen LogP contribution in [0.25, 0.3) is 0 Å². The molecule has 0 aliphatic rings. The first-order valence-electron chi connectivity index (χ1n) is 3.74. The van der Waals surface area contributed by atoms with Crippen LogP contribution in [0.1, 0.15) is 23.7 Å². The fourth-order valence-corrected chi connectivity index (χ4v) is 1.53. The molecule has 0 radical (unpaired) electrons. The van der Waals surface area contributed by atoms with Crippen LogP contribution in [0.15, 0.2) is 12.1 Å². The van der Waals surface area contributed by atoms with E-state index in [1.54, 1.807) is 6.92 Å². The van der Waals surface area contributed by atoms with Gasteiger partial charge in [0.25, 0.3) is 0 Å². The van der Waals surface area contributed by atoms with Crippen molar-refractivity contribution < 1.29 is 13.6 Å². The second kappa shape index (κ2) is 4.13. The Labute approximate surface area is 88.3 Å². The Morgan fingerprint density at radius 2 is 2.08 bits per heavy atom. The number of hydrogen-bond acceptors (Lipinski definition) is 1. The van der Waals surface area contributed by atoms with E-state index in [1.807, 2.05) is 22.6 Å². The Bertz CT molecular complexity index is 350. The molecule has 0 aromatic heterocycles. The average molecular weight is 296 g/mol. The summed E-state index contributed by atoms with van der Waals surface area (Å²) in [5.74, 6) is -2.40. The molecule has 1 aromatic rings. The molecule has 0 saturated carbocycles. The zero-order chi connectivity index (χ0) is 10.0. The number of carbonyl (C=O) groups excluding carboxylic acids is 1. The summed E-state index contributed by atoms with van der Waals surface area (Å²) in [5.41, 5.74) is -0.160. The van der Waals surface area contributed by atoms with Crippen LogP contribution in [0.4, 0.5) is 8.78 Å². The first kappa shape index (κ1) is 10.6. The summed E-state index contributed by atoms with van der Waals surface area (Å²) in [6.45, 7) is 1.61. The molecule has 0 atom stereocenters. The Balaban J connectivity index is 3.28. The second-order valence-corrected chi connectivity index (χ2v) is 3.77. The van der Waals surface area contributed by atoms with Crippen LogP contribution in [-0.4, -0.2) is 5.78 Å². The van der Waals surface area contributed by atoms with Gasteiger partial charge in [-0.2, -0.15) is 0 Å². The van der Waals surface area contributed by atoms with Gasteiger partial charge in [-0.15, -0.1) is 0 Å². The number of hydrogen-bond donors (Lipinski definition) is 0. The van der Waals surface area contributed by atoms with E-state index in [-0.39, 0.29) is 17.8 Å². The highest BCUT2D eigenvalue weighted by Crippen LogP contribution is 2.17. The summed E-state index contributed by atoms with van der Waals surface area (Å²) >= 11 is 1.84. The monoisotopic (exact) mass is 296 g/mol. The normalized spacial score (nSPS) is 10.2. The van der Waals surface area contributed by atoms with E-state index in [9.17, 15) is 13.6 Å². The second-order valence-electron chi connectivity index (χ2n) is 2.53. The van der Waals surface area contributed by atoms with Crippen molar-refractivity contribution in [2.75, 3.05) is 0 Å². The van der Waals surface area contributed by atoms with Gasteiger partial charge in [0.2, 0.25) is 0 Å². The summed E-state index contributed by atoms with van der Waals surface area (Å²) in [6, 6.07) is 2.41. The van der Waals surface area contributed by atoms with E-state index in [2.05, 4.69) is 0 Å². The van der Waals surface area contributed by atoms with Gasteiger partial charge in [0.15, 0.2) is 17.4 Å². The minimum Gasteiger partial charge on any atom is -0.294 e. The van der Waals surface area contributed by atoms with Crippen molar-refractivity contribution >= 4 is 28.4 Å². The standard InChI is InChI=1S/C9H7F2IO/c1-2-8(13)6-3-5(12)4-7(10)9(6)11/h3-4H,2H2,1H3. The van der Waals surface area contributed by atoms with E-state index in [0.29, 0.717) is 3.57 Å². The van der Waals surface area contributed by atoms with Gasteiger partial charge >= 0.3 is 0 Å². The van der Waals surface area contributed by atoms with Crippen LogP contribution in [0.5, 0.6) is 0 Å². The quantitative estimate of drug-likeness (QED) is 0.465. The van der Waals surface area contributed by atoms with Gasteiger partial charge in [0.1, 0.15) is 0 Å². The van der Waals surface area contributed by atoms with E-state index in [4.69, 9.17) is 0 Å². The summed E-state index contributed by atoms with van der Waals surface area (Å²) < 4.78 is 26.3. The minimum atomic E-state index is -1.05. The smallest absolute Gasteiger partial charge is 0.169 e. The zero-order valence-electron chi connectivity index (χ0n) is 6.90. The highest BCUT2D eigenvalue weighted by atomic mass is 127. The van der Waals surface area contributed by atoms with Crippen LogP contribution >= 0.6 is 22.6 Å². The number of benzene rings is 1. The molecule has 0 amide bonds. The first-order chi connectivity index (χ1) is 6.06. The number of Topliss-reactive ketones (excluding diaryl/α,β-unsaturated/α-hetero) is 1. The molecule has 1 nitrogen and oxygen atoms in total. The molecule has 4 heteroatoms. The van der Waals surface area contributed by atoms with Gasteiger partial charge in [0, 0.05) is 9.99 Å². The molecule has 0 aliphatic carbocycles. The maximum atomic E-state index is 13.0. The molecule has 0 unspecified atom stereocenters. The SMILES string of the molecule is CCC(=O)c1cc(I)cc(F)c1F. The number of carbonyl (C=O) groups is 1. The van der Waals surface area contributed by atoms with Crippen molar-refractivity contribution in [1.29, 1.82) is 0 Å². The third-order valence-corrected chi connectivity index (χ3v) is 2.24. The van der Waals surface area contributed by atoms with Crippen LogP contribution in [-0.2, 0) is 0 Å². The third-order valence-electron chi connectivity index (χ3n) is 1.61. The van der Waals surface area contributed by atoms with Gasteiger partial charge in [-0.05, 0) is 34.7 Å². The van der Waals surface area contributed by atoms with Gasteiger partial charge < -0.3 is 0 Å². The average Bonchev–Trinajstić information content (AvgIpc) is 2.10. The number of ketones is 1. The van der Waals surface area contributed by atoms with Crippen molar-refractivity contribution in [3.05, 3.63) is 32.9 Å². The molecule has 0 bridgehead atoms. The number of halogens is 3. The van der Waals surface area contributed by atoms with Crippen molar-refractivity contribution in [2.45, 2.75) is 13.3 Å². The van der Waals surface area contributed by atoms with Crippen molar-refractivity contribution in [3.8, 4) is 0 Å². The van der Waals surface area contributed by atoms with Crippen LogP contribution < -0.4 is 0 Å². The molecular weight excluding hydrogens is 289 g/mol. The molecule has 1 aromatic carbocycles. The molecular formula is C9H7F2IO. The van der Waals surface area contributed by atoms with Crippen molar-refractivity contribution in [2.24, 2.45) is 0 Å². The Hall–Kier alpha value is -0.520. The zero-order valence-corrected chi connectivity index (χ0v) is 9.06. The Morgan fingerprint density at radius 3 is 2.62 bits per heavy atom. The van der Waals surface area contributed by atoms with Crippen molar-refractivity contribution in [1.82, 2.24) is 0 Å². The first-order valence-corrected chi connectivity index (χ1v) is 4.82. The van der Waals surface area contributed by atoms with Crippen LogP contribution in [0.2, 0.25) is 0 Å². The number of rotatable bonds is 2. The lowest BCUT2D eigenvalue weighted by Crippen LogP contribution is -2.03. The third kappa shape index (κ3) is 2.24. The highest BCUT2D eigenvalue weighted by Gasteiger charge is 2.14. The maximum Gasteiger partial charge on any atom is 0.169 e.